The Kier molecular flexibility index (Phi) is 1.46. The van der Waals surface area contributed by atoms with Crippen molar-refractivity contribution in [1.29, 1.82) is 0 Å². The van der Waals surface area contributed by atoms with Gasteiger partial charge in [-0.15, -0.1) is 0 Å². The average Bonchev–Trinajstić information content (AvgIpc) is 2.76. The highest BCUT2D eigenvalue weighted by Gasteiger charge is 2.21. The second-order valence-corrected chi connectivity index (χ2v) is 4.26. The summed E-state index contributed by atoms with van der Waals surface area (Å²) in [7, 11) is 1.75. The van der Waals surface area contributed by atoms with Gasteiger partial charge in [-0.05, 0) is 34.1 Å². The van der Waals surface area contributed by atoms with Crippen LogP contribution in [-0.4, -0.2) is 16.8 Å². The molecule has 0 saturated heterocycles. The predicted octanol–water partition coefficient (Wildman–Crippen LogP) is 2.58. The van der Waals surface area contributed by atoms with E-state index < -0.39 is 6.50 Å². The van der Waals surface area contributed by atoms with Crippen molar-refractivity contribution in [2.24, 2.45) is 0 Å². The minimum Gasteiger partial charge on any atom is -0.366 e. The third-order valence-electron chi connectivity index (χ3n) is 2.45. The number of hydrogen-bond acceptors (Lipinski definition) is 2. The lowest BCUT2D eigenvalue weighted by atomic mass is 10.2. The molecule has 2 aromatic rings. The van der Waals surface area contributed by atoms with Gasteiger partial charge in [-0.2, -0.15) is 5.10 Å². The van der Waals surface area contributed by atoms with E-state index in [0.29, 0.717) is 5.69 Å². The lowest BCUT2D eigenvalue weighted by Crippen LogP contribution is -2.25. The highest BCUT2D eigenvalue weighted by molar-refractivity contribution is 9.10. The smallest absolute Gasteiger partial charge is 0.0894 e. The van der Waals surface area contributed by atoms with Crippen molar-refractivity contribution in [2.75, 3.05) is 11.9 Å². The Labute approximate surface area is 99.3 Å². The molecular weight excluding hydrogens is 254 g/mol. The van der Waals surface area contributed by atoms with E-state index in [1.807, 2.05) is 18.2 Å². The molecule has 76 valence electrons. The van der Waals surface area contributed by atoms with E-state index in [2.05, 4.69) is 21.0 Å². The first-order valence-corrected chi connectivity index (χ1v) is 5.40. The van der Waals surface area contributed by atoms with Gasteiger partial charge in [-0.1, -0.05) is 6.07 Å². The monoisotopic (exact) mass is 265 g/mol. The van der Waals surface area contributed by atoms with Gasteiger partial charge in [0.1, 0.15) is 0 Å². The second kappa shape index (κ2) is 3.10. The van der Waals surface area contributed by atoms with Crippen LogP contribution in [0.15, 0.2) is 34.9 Å². The van der Waals surface area contributed by atoms with Crippen LogP contribution in [0.25, 0.3) is 5.69 Å². The van der Waals surface area contributed by atoms with E-state index in [4.69, 9.17) is 2.74 Å². The standard InChI is InChI=1S/C11H10BrN3/c1-14-7-8-5-6-13-15(8)10-4-2-3-9(12)11(10)14/h2-6H,7H2,1H3/i7D2. The van der Waals surface area contributed by atoms with E-state index in [1.54, 1.807) is 28.9 Å². The summed E-state index contributed by atoms with van der Waals surface area (Å²) in [6, 6.07) is 7.46. The van der Waals surface area contributed by atoms with Crippen LogP contribution in [0.1, 0.15) is 8.44 Å². The number of para-hydroxylation sites is 1. The summed E-state index contributed by atoms with van der Waals surface area (Å²) in [6.45, 7) is -1.56. The van der Waals surface area contributed by atoms with Crippen LogP contribution < -0.4 is 4.90 Å². The number of hydrogen-bond donors (Lipinski definition) is 0. The molecule has 1 aliphatic rings. The second-order valence-electron chi connectivity index (χ2n) is 3.41. The first kappa shape index (κ1) is 7.06. The summed E-state index contributed by atoms with van der Waals surface area (Å²) in [5.74, 6) is 0. The number of fused-ring (bicyclic) bond motifs is 3. The molecule has 1 aromatic heterocycles. The summed E-state index contributed by atoms with van der Waals surface area (Å²) in [5.41, 5.74) is 2.25. The van der Waals surface area contributed by atoms with Gasteiger partial charge >= 0.3 is 0 Å². The molecule has 0 bridgehead atoms. The Balaban J connectivity index is 2.39. The number of aromatic nitrogens is 2. The van der Waals surface area contributed by atoms with Gasteiger partial charge in [0.15, 0.2) is 0 Å². The van der Waals surface area contributed by atoms with Crippen molar-refractivity contribution < 1.29 is 2.74 Å². The zero-order valence-electron chi connectivity index (χ0n) is 10.1. The molecule has 0 spiro atoms. The molecule has 0 unspecified atom stereocenters. The van der Waals surface area contributed by atoms with Gasteiger partial charge in [-0.3, -0.25) is 0 Å². The molecule has 2 heterocycles. The molecule has 3 rings (SSSR count). The van der Waals surface area contributed by atoms with Crippen LogP contribution >= 0.6 is 15.9 Å². The predicted molar refractivity (Wildman–Crippen MR) is 63.4 cm³/mol. The molecule has 0 N–H and O–H groups in total. The van der Waals surface area contributed by atoms with Crippen molar-refractivity contribution in [3.05, 3.63) is 40.6 Å². The molecule has 15 heavy (non-hydrogen) atoms. The Morgan fingerprint density at radius 3 is 3.20 bits per heavy atom. The fraction of sp³-hybridized carbons (Fsp3) is 0.182. The molecule has 0 fully saturated rings. The molecule has 0 amide bonds. The number of benzene rings is 1. The summed E-state index contributed by atoms with van der Waals surface area (Å²) >= 11 is 3.46. The number of rotatable bonds is 0. The van der Waals surface area contributed by atoms with Crippen LogP contribution in [0.4, 0.5) is 5.69 Å². The highest BCUT2D eigenvalue weighted by atomic mass is 79.9. The fourth-order valence-electron chi connectivity index (χ4n) is 1.81. The largest absolute Gasteiger partial charge is 0.366 e. The topological polar surface area (TPSA) is 21.1 Å². The molecule has 0 aliphatic carbocycles. The fourth-order valence-corrected chi connectivity index (χ4v) is 2.44. The number of anilines is 1. The molecule has 4 heteroatoms. The summed E-state index contributed by atoms with van der Waals surface area (Å²) < 4.78 is 18.9. The van der Waals surface area contributed by atoms with Crippen LogP contribution in [0.3, 0.4) is 0 Å². The van der Waals surface area contributed by atoms with Crippen molar-refractivity contribution in [1.82, 2.24) is 9.78 Å². The maximum Gasteiger partial charge on any atom is 0.0894 e. The third kappa shape index (κ3) is 1.21. The molecule has 3 nitrogen and oxygen atoms in total. The first-order valence-electron chi connectivity index (χ1n) is 5.60. The minimum atomic E-state index is -1.56. The normalized spacial score (nSPS) is 18.9. The van der Waals surface area contributed by atoms with Gasteiger partial charge in [0, 0.05) is 17.7 Å². The zero-order chi connectivity index (χ0) is 12.2. The Morgan fingerprint density at radius 1 is 1.47 bits per heavy atom. The molecule has 0 atom stereocenters. The van der Waals surface area contributed by atoms with Crippen LogP contribution in [-0.2, 0) is 6.50 Å². The third-order valence-corrected chi connectivity index (χ3v) is 3.09. The van der Waals surface area contributed by atoms with Gasteiger partial charge in [0.05, 0.1) is 26.3 Å². The van der Waals surface area contributed by atoms with Crippen LogP contribution in [0.5, 0.6) is 0 Å². The van der Waals surface area contributed by atoms with E-state index >= 15 is 0 Å². The SMILES string of the molecule is [2H]C1([2H])c2ccnn2-c2cccc(Br)c2N1C. The summed E-state index contributed by atoms with van der Waals surface area (Å²) in [4.78, 5) is 1.63. The quantitative estimate of drug-likeness (QED) is 0.730. The lowest BCUT2D eigenvalue weighted by molar-refractivity contribution is 0.738. The highest BCUT2D eigenvalue weighted by Crippen LogP contribution is 2.36. The maximum absolute atomic E-state index is 8.17. The first-order chi connectivity index (χ1) is 8.03. The van der Waals surface area contributed by atoms with Gasteiger partial charge in [0.25, 0.3) is 0 Å². The number of halogens is 1. The molecular formula is C11H10BrN3. The Bertz CT molecular complexity index is 594. The van der Waals surface area contributed by atoms with Crippen LogP contribution in [0, 0.1) is 0 Å². The van der Waals surface area contributed by atoms with Crippen molar-refractivity contribution in [2.45, 2.75) is 6.50 Å². The van der Waals surface area contributed by atoms with Crippen molar-refractivity contribution >= 4 is 21.6 Å². The van der Waals surface area contributed by atoms with E-state index in [0.717, 1.165) is 15.8 Å². The Morgan fingerprint density at radius 2 is 2.33 bits per heavy atom. The minimum absolute atomic E-state index is 0.547. The van der Waals surface area contributed by atoms with Gasteiger partial charge in [0.2, 0.25) is 0 Å². The van der Waals surface area contributed by atoms with Gasteiger partial charge < -0.3 is 4.90 Å². The van der Waals surface area contributed by atoms with Crippen molar-refractivity contribution in [3.8, 4) is 5.69 Å². The van der Waals surface area contributed by atoms with Crippen LogP contribution in [0.2, 0.25) is 0 Å². The van der Waals surface area contributed by atoms with Crippen molar-refractivity contribution in [3.63, 3.8) is 0 Å². The summed E-state index contributed by atoms with van der Waals surface area (Å²) in [6.07, 6.45) is 1.62. The van der Waals surface area contributed by atoms with E-state index in [1.165, 1.54) is 0 Å². The average molecular weight is 266 g/mol. The lowest BCUT2D eigenvalue weighted by Gasteiger charge is -2.29. The molecule has 1 aromatic carbocycles. The van der Waals surface area contributed by atoms with E-state index in [9.17, 15) is 0 Å². The summed E-state index contributed by atoms with van der Waals surface area (Å²) in [5, 5.41) is 4.20. The van der Waals surface area contributed by atoms with E-state index in [-0.39, 0.29) is 0 Å². The maximum atomic E-state index is 8.17. The zero-order valence-corrected chi connectivity index (χ0v) is 9.69. The molecule has 1 aliphatic heterocycles. The van der Waals surface area contributed by atoms with Gasteiger partial charge in [-0.25, -0.2) is 4.68 Å². The molecule has 0 radical (unpaired) electrons. The number of nitrogens with zero attached hydrogens (tertiary/aromatic N) is 3. The molecule has 0 saturated carbocycles. The Hall–Kier alpha value is -1.29.